The summed E-state index contributed by atoms with van der Waals surface area (Å²) in [6, 6.07) is 0. The average Bonchev–Trinajstić information content (AvgIpc) is 3.06. The Morgan fingerprint density at radius 3 is 3.00 bits per heavy atom. The Labute approximate surface area is 103 Å². The van der Waals surface area contributed by atoms with Crippen LogP contribution in [0.1, 0.15) is 25.5 Å². The van der Waals surface area contributed by atoms with Gasteiger partial charge in [0, 0.05) is 26.4 Å². The molecule has 2 rings (SSSR count). The van der Waals surface area contributed by atoms with Gasteiger partial charge in [0.1, 0.15) is 0 Å². The van der Waals surface area contributed by atoms with Crippen molar-refractivity contribution < 1.29 is 4.74 Å². The summed E-state index contributed by atoms with van der Waals surface area (Å²) in [7, 11) is 1.72. The first-order chi connectivity index (χ1) is 8.20. The molecule has 1 aliphatic rings. The smallest absolute Gasteiger partial charge is 0.203 e. The second kappa shape index (κ2) is 5.54. The minimum atomic E-state index is 0.712. The number of hydrogen-bond donors (Lipinski definition) is 1. The number of ether oxygens (including phenoxy) is 1. The van der Waals surface area contributed by atoms with E-state index in [1.165, 1.54) is 12.8 Å². The lowest BCUT2D eigenvalue weighted by Crippen LogP contribution is -2.15. The van der Waals surface area contributed by atoms with Gasteiger partial charge in [0.2, 0.25) is 5.95 Å². The molecule has 1 fully saturated rings. The summed E-state index contributed by atoms with van der Waals surface area (Å²) < 4.78 is 7.28. The van der Waals surface area contributed by atoms with Crippen LogP contribution in [0.3, 0.4) is 0 Å². The maximum atomic E-state index is 5.04. The highest BCUT2D eigenvalue weighted by Crippen LogP contribution is 2.37. The van der Waals surface area contributed by atoms with Crippen molar-refractivity contribution in [2.24, 2.45) is 11.8 Å². The van der Waals surface area contributed by atoms with Crippen LogP contribution < -0.4 is 5.32 Å². The normalized spacial score (nSPS) is 17.1. The molecule has 0 aromatic carbocycles. The highest BCUT2D eigenvalue weighted by Gasteiger charge is 2.28. The molecule has 0 radical (unpaired) electrons. The Morgan fingerprint density at radius 2 is 2.35 bits per heavy atom. The van der Waals surface area contributed by atoms with E-state index >= 15 is 0 Å². The topological polar surface area (TPSA) is 39.1 Å². The van der Waals surface area contributed by atoms with Gasteiger partial charge in [-0.15, -0.1) is 0 Å². The van der Waals surface area contributed by atoms with E-state index in [-0.39, 0.29) is 0 Å². The number of hydrogen-bond acceptors (Lipinski definition) is 3. The van der Waals surface area contributed by atoms with Crippen molar-refractivity contribution in [2.75, 3.05) is 25.6 Å². The van der Waals surface area contributed by atoms with Crippen LogP contribution in [-0.4, -0.2) is 29.8 Å². The summed E-state index contributed by atoms with van der Waals surface area (Å²) >= 11 is 0. The number of aryl methyl sites for hydroxylation is 1. The molecule has 1 aromatic rings. The summed E-state index contributed by atoms with van der Waals surface area (Å²) in [6.45, 7) is 6.97. The van der Waals surface area contributed by atoms with E-state index in [9.17, 15) is 0 Å². The molecule has 1 saturated carbocycles. The molecule has 1 atom stereocenters. The number of anilines is 1. The zero-order valence-corrected chi connectivity index (χ0v) is 11.1. The van der Waals surface area contributed by atoms with Gasteiger partial charge in [0.15, 0.2) is 0 Å². The molecule has 1 aromatic heterocycles. The lowest BCUT2D eigenvalue weighted by atomic mass is 10.1. The number of aromatic nitrogens is 2. The second-order valence-corrected chi connectivity index (χ2v) is 5.09. The number of methoxy groups -OCH3 is 1. The Bertz CT molecular complexity index is 358. The van der Waals surface area contributed by atoms with Crippen LogP contribution in [-0.2, 0) is 11.3 Å². The van der Waals surface area contributed by atoms with E-state index in [1.54, 1.807) is 7.11 Å². The third kappa shape index (κ3) is 3.46. The number of nitrogens with zero attached hydrogens (tertiary/aromatic N) is 2. The molecule has 1 unspecified atom stereocenters. The SMILES string of the molecule is COCCNc1nc(C)cn1CC(C)C1CC1. The monoisotopic (exact) mass is 237 g/mol. The molecule has 1 N–H and O–H groups in total. The van der Waals surface area contributed by atoms with Gasteiger partial charge >= 0.3 is 0 Å². The van der Waals surface area contributed by atoms with Crippen LogP contribution in [0.25, 0.3) is 0 Å². The number of rotatable bonds is 7. The molecule has 0 aliphatic heterocycles. The molecule has 96 valence electrons. The van der Waals surface area contributed by atoms with E-state index in [0.29, 0.717) is 6.61 Å². The van der Waals surface area contributed by atoms with E-state index in [1.807, 2.05) is 6.92 Å². The van der Waals surface area contributed by atoms with Crippen molar-refractivity contribution in [1.82, 2.24) is 9.55 Å². The summed E-state index contributed by atoms with van der Waals surface area (Å²) in [4.78, 5) is 4.51. The van der Waals surface area contributed by atoms with Crippen LogP contribution in [0.5, 0.6) is 0 Å². The Hall–Kier alpha value is -1.03. The third-order valence-corrected chi connectivity index (χ3v) is 3.40. The van der Waals surface area contributed by atoms with Gasteiger partial charge in [0.05, 0.1) is 12.3 Å². The van der Waals surface area contributed by atoms with Gasteiger partial charge < -0.3 is 14.6 Å². The first-order valence-electron chi connectivity index (χ1n) is 6.47. The fourth-order valence-corrected chi connectivity index (χ4v) is 2.22. The molecular weight excluding hydrogens is 214 g/mol. The van der Waals surface area contributed by atoms with Gasteiger partial charge in [0.25, 0.3) is 0 Å². The second-order valence-electron chi connectivity index (χ2n) is 5.09. The van der Waals surface area contributed by atoms with Gasteiger partial charge in [-0.3, -0.25) is 0 Å². The summed E-state index contributed by atoms with van der Waals surface area (Å²) in [5, 5.41) is 3.33. The van der Waals surface area contributed by atoms with Crippen LogP contribution >= 0.6 is 0 Å². The molecule has 1 aliphatic carbocycles. The molecule has 0 spiro atoms. The predicted molar refractivity (Wildman–Crippen MR) is 69.2 cm³/mol. The van der Waals surface area contributed by atoms with Crippen LogP contribution in [0, 0.1) is 18.8 Å². The van der Waals surface area contributed by atoms with Crippen LogP contribution in [0.15, 0.2) is 6.20 Å². The lowest BCUT2D eigenvalue weighted by molar-refractivity contribution is 0.210. The lowest BCUT2D eigenvalue weighted by Gasteiger charge is -2.14. The van der Waals surface area contributed by atoms with Gasteiger partial charge in [-0.25, -0.2) is 4.98 Å². The van der Waals surface area contributed by atoms with Crippen molar-refractivity contribution in [3.8, 4) is 0 Å². The van der Waals surface area contributed by atoms with Gasteiger partial charge in [-0.1, -0.05) is 6.92 Å². The largest absolute Gasteiger partial charge is 0.383 e. The molecule has 0 saturated heterocycles. The molecule has 17 heavy (non-hydrogen) atoms. The summed E-state index contributed by atoms with van der Waals surface area (Å²) in [5.74, 6) is 2.67. The van der Waals surface area contributed by atoms with Crippen molar-refractivity contribution in [1.29, 1.82) is 0 Å². The van der Waals surface area contributed by atoms with E-state index in [4.69, 9.17) is 4.74 Å². The molecule has 4 nitrogen and oxygen atoms in total. The first-order valence-corrected chi connectivity index (χ1v) is 6.47. The predicted octanol–water partition coefficient (Wildman–Crippen LogP) is 2.30. The Kier molecular flexibility index (Phi) is 4.05. The summed E-state index contributed by atoms with van der Waals surface area (Å²) in [5.41, 5.74) is 1.08. The van der Waals surface area contributed by atoms with Gasteiger partial charge in [-0.2, -0.15) is 0 Å². The minimum absolute atomic E-state index is 0.712. The third-order valence-electron chi connectivity index (χ3n) is 3.40. The van der Waals surface area contributed by atoms with Crippen molar-refractivity contribution in [3.05, 3.63) is 11.9 Å². The maximum Gasteiger partial charge on any atom is 0.203 e. The van der Waals surface area contributed by atoms with E-state index in [0.717, 1.165) is 36.6 Å². The molecule has 0 bridgehead atoms. The number of imidazole rings is 1. The molecular formula is C13H23N3O. The summed E-state index contributed by atoms with van der Waals surface area (Å²) in [6.07, 6.45) is 4.94. The highest BCUT2D eigenvalue weighted by atomic mass is 16.5. The minimum Gasteiger partial charge on any atom is -0.383 e. The quantitative estimate of drug-likeness (QED) is 0.740. The fraction of sp³-hybridized carbons (Fsp3) is 0.769. The molecule has 1 heterocycles. The first kappa shape index (κ1) is 12.4. The average molecular weight is 237 g/mol. The standard InChI is InChI=1S/C13H23N3O/c1-10(12-4-5-12)8-16-9-11(2)15-13(16)14-6-7-17-3/h9-10,12H,4-8H2,1-3H3,(H,14,15). The molecule has 4 heteroatoms. The van der Waals surface area contributed by atoms with E-state index in [2.05, 4.69) is 28.0 Å². The fourth-order valence-electron chi connectivity index (χ4n) is 2.22. The van der Waals surface area contributed by atoms with Crippen molar-refractivity contribution >= 4 is 5.95 Å². The van der Waals surface area contributed by atoms with Crippen molar-refractivity contribution in [2.45, 2.75) is 33.2 Å². The van der Waals surface area contributed by atoms with E-state index < -0.39 is 0 Å². The van der Waals surface area contributed by atoms with Crippen LogP contribution in [0.2, 0.25) is 0 Å². The zero-order chi connectivity index (χ0) is 12.3. The number of nitrogens with one attached hydrogen (secondary N) is 1. The van der Waals surface area contributed by atoms with Gasteiger partial charge in [-0.05, 0) is 31.6 Å². The maximum absolute atomic E-state index is 5.04. The Balaban J connectivity index is 1.93. The molecule has 0 amide bonds. The van der Waals surface area contributed by atoms with Crippen molar-refractivity contribution in [3.63, 3.8) is 0 Å². The zero-order valence-electron chi connectivity index (χ0n) is 11.1. The Morgan fingerprint density at radius 1 is 1.59 bits per heavy atom. The van der Waals surface area contributed by atoms with Crippen LogP contribution in [0.4, 0.5) is 5.95 Å². The highest BCUT2D eigenvalue weighted by molar-refractivity contribution is 5.28.